The highest BCUT2D eigenvalue weighted by molar-refractivity contribution is 6.01. The van der Waals surface area contributed by atoms with Crippen molar-refractivity contribution in [3.05, 3.63) is 0 Å². The van der Waals surface area contributed by atoms with Crippen LogP contribution in [0, 0.1) is 11.8 Å². The average Bonchev–Trinajstić information content (AvgIpc) is 2.82. The largest absolute Gasteiger partial charge is 0.481 e. The van der Waals surface area contributed by atoms with Gasteiger partial charge < -0.3 is 5.11 Å². The third kappa shape index (κ3) is 7.23. The van der Waals surface area contributed by atoms with Crippen molar-refractivity contribution in [3.8, 4) is 0 Å². The SMILES string of the molecule is CC(C)C[C@@H](CCC(=O)CCCCCN1C(=O)CCC1=O)C(=O)O. The lowest BCUT2D eigenvalue weighted by molar-refractivity contribution is -0.143. The van der Waals surface area contributed by atoms with Gasteiger partial charge in [-0.05, 0) is 31.6 Å². The molecule has 0 aliphatic carbocycles. The summed E-state index contributed by atoms with van der Waals surface area (Å²) in [5, 5.41) is 9.16. The predicted octanol–water partition coefficient (Wildman–Crippen LogP) is 2.79. The summed E-state index contributed by atoms with van der Waals surface area (Å²) in [6, 6.07) is 0. The molecule has 1 fully saturated rings. The first-order valence-electron chi connectivity index (χ1n) is 8.89. The lowest BCUT2D eigenvalue weighted by Crippen LogP contribution is -2.29. The standard InChI is InChI=1S/C18H29NO5/c1-13(2)12-14(18(23)24)7-8-15(20)6-4-3-5-11-19-16(21)9-10-17(19)22/h13-14H,3-12H2,1-2H3,(H,23,24)/t14-/m1/s1. The van der Waals surface area contributed by atoms with Crippen LogP contribution in [0.3, 0.4) is 0 Å². The zero-order chi connectivity index (χ0) is 18.1. The van der Waals surface area contributed by atoms with Gasteiger partial charge in [-0.3, -0.25) is 24.1 Å². The second-order valence-corrected chi connectivity index (χ2v) is 6.99. The number of carbonyl (C=O) groups is 4. The molecule has 0 aromatic heterocycles. The Morgan fingerprint density at radius 2 is 1.67 bits per heavy atom. The smallest absolute Gasteiger partial charge is 0.306 e. The number of imide groups is 1. The summed E-state index contributed by atoms with van der Waals surface area (Å²) < 4.78 is 0. The number of rotatable bonds is 12. The van der Waals surface area contributed by atoms with Crippen molar-refractivity contribution in [2.45, 2.75) is 71.6 Å². The van der Waals surface area contributed by atoms with Gasteiger partial charge in [0.2, 0.25) is 11.8 Å². The van der Waals surface area contributed by atoms with E-state index in [0.717, 1.165) is 19.3 Å². The first-order valence-corrected chi connectivity index (χ1v) is 8.89. The van der Waals surface area contributed by atoms with E-state index in [4.69, 9.17) is 5.11 Å². The van der Waals surface area contributed by atoms with Crippen LogP contribution in [0.5, 0.6) is 0 Å². The fraction of sp³-hybridized carbons (Fsp3) is 0.778. The van der Waals surface area contributed by atoms with Crippen molar-refractivity contribution in [2.75, 3.05) is 6.54 Å². The summed E-state index contributed by atoms with van der Waals surface area (Å²) in [5.41, 5.74) is 0. The molecule has 0 spiro atoms. The number of aliphatic carboxylic acids is 1. The van der Waals surface area contributed by atoms with Gasteiger partial charge in [-0.1, -0.05) is 20.3 Å². The third-order valence-electron chi connectivity index (χ3n) is 4.37. The quantitative estimate of drug-likeness (QED) is 0.436. The molecular weight excluding hydrogens is 310 g/mol. The molecule has 24 heavy (non-hydrogen) atoms. The number of carboxylic acids is 1. The Kier molecular flexibility index (Phi) is 8.65. The van der Waals surface area contributed by atoms with E-state index in [-0.39, 0.29) is 17.6 Å². The number of carboxylic acid groups (broad SMARTS) is 1. The predicted molar refractivity (Wildman–Crippen MR) is 89.2 cm³/mol. The molecular formula is C18H29NO5. The topological polar surface area (TPSA) is 91.8 Å². The van der Waals surface area contributed by atoms with Crippen molar-refractivity contribution in [2.24, 2.45) is 11.8 Å². The number of hydrogen-bond acceptors (Lipinski definition) is 4. The maximum absolute atomic E-state index is 11.9. The maximum atomic E-state index is 11.9. The molecule has 136 valence electrons. The minimum Gasteiger partial charge on any atom is -0.481 e. The van der Waals surface area contributed by atoms with Gasteiger partial charge in [0, 0.05) is 32.2 Å². The molecule has 0 radical (unpaired) electrons. The highest BCUT2D eigenvalue weighted by Gasteiger charge is 2.27. The van der Waals surface area contributed by atoms with E-state index in [1.807, 2.05) is 13.8 Å². The number of amides is 2. The van der Waals surface area contributed by atoms with Crippen LogP contribution in [-0.2, 0) is 19.2 Å². The van der Waals surface area contributed by atoms with Crippen LogP contribution in [0.2, 0.25) is 0 Å². The number of ketones is 1. The van der Waals surface area contributed by atoms with E-state index in [9.17, 15) is 19.2 Å². The lowest BCUT2D eigenvalue weighted by Gasteiger charge is -2.14. The summed E-state index contributed by atoms with van der Waals surface area (Å²) >= 11 is 0. The molecule has 0 bridgehead atoms. The van der Waals surface area contributed by atoms with Crippen molar-refractivity contribution < 1.29 is 24.3 Å². The molecule has 6 heteroatoms. The Hall–Kier alpha value is -1.72. The Bertz CT molecular complexity index is 456. The monoisotopic (exact) mass is 339 g/mol. The van der Waals surface area contributed by atoms with Gasteiger partial charge in [-0.25, -0.2) is 0 Å². The number of nitrogens with zero attached hydrogens (tertiary/aromatic N) is 1. The molecule has 1 N–H and O–H groups in total. The van der Waals surface area contributed by atoms with Gasteiger partial charge >= 0.3 is 5.97 Å². The highest BCUT2D eigenvalue weighted by Crippen LogP contribution is 2.19. The second-order valence-electron chi connectivity index (χ2n) is 6.99. The number of likely N-dealkylation sites (tertiary alicyclic amines) is 1. The average molecular weight is 339 g/mol. The lowest BCUT2D eigenvalue weighted by atomic mass is 9.91. The fourth-order valence-corrected chi connectivity index (χ4v) is 3.01. The second kappa shape index (κ2) is 10.2. The number of Topliss-reactive ketones (excluding diaryl/α,β-unsaturated/α-hetero) is 1. The summed E-state index contributed by atoms with van der Waals surface area (Å²) in [6.07, 6.45) is 4.62. The van der Waals surface area contributed by atoms with E-state index in [0.29, 0.717) is 51.0 Å². The van der Waals surface area contributed by atoms with Crippen LogP contribution in [0.25, 0.3) is 0 Å². The summed E-state index contributed by atoms with van der Waals surface area (Å²) in [6.45, 7) is 4.41. The normalized spacial score (nSPS) is 16.0. The number of carbonyl (C=O) groups excluding carboxylic acids is 3. The zero-order valence-corrected chi connectivity index (χ0v) is 14.8. The molecule has 0 unspecified atom stereocenters. The first-order chi connectivity index (χ1) is 11.3. The molecule has 1 aliphatic heterocycles. The molecule has 1 aliphatic rings. The Morgan fingerprint density at radius 1 is 1.04 bits per heavy atom. The summed E-state index contributed by atoms with van der Waals surface area (Å²) in [7, 11) is 0. The van der Waals surface area contributed by atoms with Crippen molar-refractivity contribution in [1.29, 1.82) is 0 Å². The van der Waals surface area contributed by atoms with Crippen LogP contribution in [-0.4, -0.2) is 40.1 Å². The van der Waals surface area contributed by atoms with Crippen LogP contribution >= 0.6 is 0 Å². The van der Waals surface area contributed by atoms with Gasteiger partial charge in [-0.2, -0.15) is 0 Å². The highest BCUT2D eigenvalue weighted by atomic mass is 16.4. The van der Waals surface area contributed by atoms with E-state index in [1.54, 1.807) is 0 Å². The molecule has 1 saturated heterocycles. The van der Waals surface area contributed by atoms with Crippen molar-refractivity contribution >= 4 is 23.6 Å². The van der Waals surface area contributed by atoms with Crippen LogP contribution < -0.4 is 0 Å². The van der Waals surface area contributed by atoms with Gasteiger partial charge in [0.25, 0.3) is 0 Å². The van der Waals surface area contributed by atoms with E-state index < -0.39 is 11.9 Å². The Balaban J connectivity index is 2.14. The molecule has 0 saturated carbocycles. The van der Waals surface area contributed by atoms with Crippen LogP contribution in [0.15, 0.2) is 0 Å². The fourth-order valence-electron chi connectivity index (χ4n) is 3.01. The molecule has 1 heterocycles. The molecule has 0 aromatic carbocycles. The maximum Gasteiger partial charge on any atom is 0.306 e. The number of unbranched alkanes of at least 4 members (excludes halogenated alkanes) is 2. The zero-order valence-electron chi connectivity index (χ0n) is 14.8. The van der Waals surface area contributed by atoms with Gasteiger partial charge in [0.05, 0.1) is 5.92 Å². The van der Waals surface area contributed by atoms with Gasteiger partial charge in [-0.15, -0.1) is 0 Å². The first kappa shape index (κ1) is 20.3. The van der Waals surface area contributed by atoms with E-state index >= 15 is 0 Å². The molecule has 1 rings (SSSR count). The number of hydrogen-bond donors (Lipinski definition) is 1. The Morgan fingerprint density at radius 3 is 2.21 bits per heavy atom. The molecule has 1 atom stereocenters. The minimum atomic E-state index is -0.823. The van der Waals surface area contributed by atoms with Gasteiger partial charge in [0.1, 0.15) is 5.78 Å². The Labute approximate surface area is 143 Å². The summed E-state index contributed by atoms with van der Waals surface area (Å²) in [5.74, 6) is -1.06. The van der Waals surface area contributed by atoms with E-state index in [1.165, 1.54) is 4.90 Å². The third-order valence-corrected chi connectivity index (χ3v) is 4.37. The summed E-state index contributed by atoms with van der Waals surface area (Å²) in [4.78, 5) is 47.2. The van der Waals surface area contributed by atoms with Crippen molar-refractivity contribution in [3.63, 3.8) is 0 Å². The van der Waals surface area contributed by atoms with Gasteiger partial charge in [0.15, 0.2) is 0 Å². The minimum absolute atomic E-state index is 0.0957. The molecule has 6 nitrogen and oxygen atoms in total. The van der Waals surface area contributed by atoms with Crippen LogP contribution in [0.1, 0.15) is 71.6 Å². The molecule has 0 aromatic rings. The van der Waals surface area contributed by atoms with Crippen LogP contribution in [0.4, 0.5) is 0 Å². The van der Waals surface area contributed by atoms with E-state index in [2.05, 4.69) is 0 Å². The van der Waals surface area contributed by atoms with Crippen molar-refractivity contribution in [1.82, 2.24) is 4.90 Å². The molecule has 2 amide bonds.